The van der Waals surface area contributed by atoms with Crippen molar-refractivity contribution in [2.45, 2.75) is 62.1 Å². The van der Waals surface area contributed by atoms with Crippen molar-refractivity contribution in [2.24, 2.45) is 0 Å². The second-order valence-corrected chi connectivity index (χ2v) is 8.55. The fourth-order valence-electron chi connectivity index (χ4n) is 4.76. The number of hydrogen-bond acceptors (Lipinski definition) is 6. The Kier molecular flexibility index (Phi) is 3.77. The van der Waals surface area contributed by atoms with Crippen molar-refractivity contribution in [2.75, 3.05) is 6.61 Å². The summed E-state index contributed by atoms with van der Waals surface area (Å²) in [5.74, 6) is -0.273. The molecule has 3 saturated carbocycles. The highest BCUT2D eigenvalue weighted by Gasteiger charge is 2.69. The quantitative estimate of drug-likeness (QED) is 0.650. The molecule has 3 aliphatic carbocycles. The maximum atomic E-state index is 13.0. The molecule has 29 heavy (non-hydrogen) atoms. The maximum Gasteiger partial charge on any atom is 0.586 e. The van der Waals surface area contributed by atoms with E-state index in [-0.39, 0.29) is 52.8 Å². The Hall–Kier alpha value is -2.62. The summed E-state index contributed by atoms with van der Waals surface area (Å²) in [5.41, 5.74) is -0.487. The van der Waals surface area contributed by atoms with Crippen LogP contribution in [0.1, 0.15) is 32.6 Å². The van der Waals surface area contributed by atoms with E-state index < -0.39 is 6.29 Å². The summed E-state index contributed by atoms with van der Waals surface area (Å²) in [4.78, 5) is 24.4. The Bertz CT molecular complexity index is 867. The van der Waals surface area contributed by atoms with Gasteiger partial charge in [0.05, 0.1) is 6.04 Å². The molecule has 0 radical (unpaired) electrons. The fraction of sp³-hybridized carbons (Fsp3) is 0.579. The lowest BCUT2D eigenvalue weighted by Gasteiger charge is -2.70. The van der Waals surface area contributed by atoms with Gasteiger partial charge in [0.15, 0.2) is 18.1 Å². The molecule has 0 spiro atoms. The Morgan fingerprint density at radius 1 is 1.17 bits per heavy atom. The molecule has 2 aliphatic heterocycles. The molecule has 156 valence electrons. The largest absolute Gasteiger partial charge is 0.586 e. The smallest absolute Gasteiger partial charge is 0.484 e. The summed E-state index contributed by atoms with van der Waals surface area (Å²) >= 11 is 0. The second-order valence-electron chi connectivity index (χ2n) is 8.55. The number of rotatable bonds is 6. The van der Waals surface area contributed by atoms with Crippen molar-refractivity contribution in [1.29, 1.82) is 0 Å². The van der Waals surface area contributed by atoms with Gasteiger partial charge in [0.25, 0.3) is 5.91 Å². The third-order valence-corrected chi connectivity index (χ3v) is 5.96. The molecule has 2 heterocycles. The number of nitrogens with one attached hydrogen (secondary N) is 3. The van der Waals surface area contributed by atoms with Gasteiger partial charge >= 0.3 is 6.29 Å². The first-order valence-electron chi connectivity index (χ1n) is 9.57. The zero-order valence-electron chi connectivity index (χ0n) is 15.7. The van der Waals surface area contributed by atoms with E-state index in [0.717, 1.165) is 6.42 Å². The van der Waals surface area contributed by atoms with Crippen LogP contribution in [0, 0.1) is 0 Å². The van der Waals surface area contributed by atoms with Gasteiger partial charge in [0, 0.05) is 23.2 Å². The third kappa shape index (κ3) is 3.25. The van der Waals surface area contributed by atoms with Crippen molar-refractivity contribution in [3.05, 3.63) is 18.2 Å². The number of hydrogen-bond donors (Lipinski definition) is 3. The number of halogens is 2. The topological polar surface area (TPSA) is 97.9 Å². The molecule has 1 saturated heterocycles. The standard InChI is InChI=1S/C19H21F2N3O5/c1-10-4-12(22-10)16(26)24-18-7-17(8-18,9-18)23-15(25)6-27-11-2-3-13-14(5-11)29-19(20,21)28-13/h2-3,5,10,12,22H,4,6-9H2,1H3,(H,23,25)(H,24,26). The molecule has 1 aromatic rings. The summed E-state index contributed by atoms with van der Waals surface area (Å²) in [7, 11) is 0. The number of carbonyl (C=O) groups excluding carboxylic acids is 2. The van der Waals surface area contributed by atoms with Gasteiger partial charge in [-0.05, 0) is 44.7 Å². The van der Waals surface area contributed by atoms with Gasteiger partial charge < -0.3 is 30.2 Å². The molecular weight excluding hydrogens is 388 g/mol. The summed E-state index contributed by atoms with van der Waals surface area (Å²) in [6, 6.07) is 4.25. The lowest BCUT2D eigenvalue weighted by molar-refractivity contribution is -0.286. The minimum absolute atomic E-state index is 0.0273. The van der Waals surface area contributed by atoms with Gasteiger partial charge in [-0.3, -0.25) is 9.59 Å². The van der Waals surface area contributed by atoms with Gasteiger partial charge in [-0.15, -0.1) is 8.78 Å². The lowest BCUT2D eigenvalue weighted by atomic mass is 9.44. The fourth-order valence-corrected chi connectivity index (χ4v) is 4.76. The van der Waals surface area contributed by atoms with Crippen LogP contribution in [0.15, 0.2) is 18.2 Å². The molecule has 5 aliphatic rings. The second kappa shape index (κ2) is 5.94. The van der Waals surface area contributed by atoms with Gasteiger partial charge in [-0.1, -0.05) is 0 Å². The van der Waals surface area contributed by atoms with Crippen LogP contribution < -0.4 is 30.2 Å². The highest BCUT2D eigenvalue weighted by atomic mass is 19.3. The average Bonchev–Trinajstić information content (AvgIpc) is 2.86. The number of alkyl halides is 2. The highest BCUT2D eigenvalue weighted by Crippen LogP contribution is 2.60. The van der Waals surface area contributed by atoms with E-state index in [2.05, 4.69) is 25.4 Å². The Labute approximate surface area is 165 Å². The Morgan fingerprint density at radius 3 is 2.52 bits per heavy atom. The first-order chi connectivity index (χ1) is 13.6. The van der Waals surface area contributed by atoms with Crippen molar-refractivity contribution >= 4 is 11.8 Å². The minimum atomic E-state index is -3.69. The average molecular weight is 409 g/mol. The van der Waals surface area contributed by atoms with Crippen molar-refractivity contribution in [3.8, 4) is 17.2 Å². The predicted molar refractivity (Wildman–Crippen MR) is 94.7 cm³/mol. The van der Waals surface area contributed by atoms with Crippen LogP contribution in [0.4, 0.5) is 8.78 Å². The van der Waals surface area contributed by atoms with Gasteiger partial charge in [0.1, 0.15) is 5.75 Å². The molecule has 3 N–H and O–H groups in total. The zero-order chi connectivity index (χ0) is 20.4. The molecule has 1 aromatic carbocycles. The number of ether oxygens (including phenoxy) is 3. The first kappa shape index (κ1) is 18.4. The lowest BCUT2D eigenvalue weighted by Crippen LogP contribution is -2.84. The van der Waals surface area contributed by atoms with E-state index in [1.54, 1.807) is 0 Å². The van der Waals surface area contributed by atoms with Crippen LogP contribution >= 0.6 is 0 Å². The van der Waals surface area contributed by atoms with Crippen LogP contribution in [0.5, 0.6) is 17.2 Å². The molecule has 4 fully saturated rings. The van der Waals surface area contributed by atoms with E-state index in [4.69, 9.17) is 4.74 Å². The van der Waals surface area contributed by atoms with Crippen LogP contribution in [0.3, 0.4) is 0 Å². The number of fused-ring (bicyclic) bond motifs is 1. The van der Waals surface area contributed by atoms with Crippen molar-refractivity contribution in [3.63, 3.8) is 0 Å². The van der Waals surface area contributed by atoms with E-state index >= 15 is 0 Å². The molecule has 6 rings (SSSR count). The van der Waals surface area contributed by atoms with E-state index in [0.29, 0.717) is 25.3 Å². The number of amides is 2. The zero-order valence-corrected chi connectivity index (χ0v) is 15.7. The molecule has 2 amide bonds. The molecule has 10 heteroatoms. The van der Waals surface area contributed by atoms with Crippen LogP contribution in [-0.2, 0) is 9.59 Å². The van der Waals surface area contributed by atoms with Gasteiger partial charge in [0.2, 0.25) is 5.91 Å². The number of carbonyl (C=O) groups is 2. The van der Waals surface area contributed by atoms with E-state index in [1.165, 1.54) is 18.2 Å². The summed E-state index contributed by atoms with van der Waals surface area (Å²) in [6.45, 7) is 1.79. The molecule has 8 nitrogen and oxygen atoms in total. The summed E-state index contributed by atoms with van der Waals surface area (Å²) in [6.07, 6.45) is -0.726. The van der Waals surface area contributed by atoms with Crippen LogP contribution in [-0.4, -0.2) is 47.9 Å². The molecule has 2 bridgehead atoms. The molecule has 2 unspecified atom stereocenters. The van der Waals surface area contributed by atoms with Crippen LogP contribution in [0.25, 0.3) is 0 Å². The number of benzene rings is 1. The van der Waals surface area contributed by atoms with Crippen molar-refractivity contribution in [1.82, 2.24) is 16.0 Å². The normalized spacial score (nSPS) is 34.9. The Morgan fingerprint density at radius 2 is 1.83 bits per heavy atom. The minimum Gasteiger partial charge on any atom is -0.484 e. The summed E-state index contributed by atoms with van der Waals surface area (Å²) < 4.78 is 40.1. The monoisotopic (exact) mass is 409 g/mol. The summed E-state index contributed by atoms with van der Waals surface area (Å²) in [5, 5.41) is 9.21. The molecular formula is C19H21F2N3O5. The predicted octanol–water partition coefficient (Wildman–Crippen LogP) is 1.04. The Balaban J connectivity index is 1.07. The molecule has 0 aromatic heterocycles. The SMILES string of the molecule is CC1CC(C(=O)NC23CC(NC(=O)COc4ccc5c(c4)OC(F)(F)O5)(C2)C3)N1. The van der Waals surface area contributed by atoms with Crippen molar-refractivity contribution < 1.29 is 32.6 Å². The van der Waals surface area contributed by atoms with Gasteiger partial charge in [-0.2, -0.15) is 0 Å². The van der Waals surface area contributed by atoms with E-state index in [1.807, 2.05) is 6.92 Å². The molecule has 2 atom stereocenters. The highest BCUT2D eigenvalue weighted by molar-refractivity contribution is 5.85. The first-order valence-corrected chi connectivity index (χ1v) is 9.57. The van der Waals surface area contributed by atoms with Gasteiger partial charge in [-0.25, -0.2) is 0 Å². The maximum absolute atomic E-state index is 13.0. The van der Waals surface area contributed by atoms with E-state index in [9.17, 15) is 18.4 Å². The van der Waals surface area contributed by atoms with Crippen LogP contribution in [0.2, 0.25) is 0 Å². The third-order valence-electron chi connectivity index (χ3n) is 5.96.